The van der Waals surface area contributed by atoms with Crippen LogP contribution in [-0.4, -0.2) is 37.7 Å². The molecule has 0 saturated heterocycles. The van der Waals surface area contributed by atoms with Gasteiger partial charge in [0.1, 0.15) is 29.1 Å². The number of benzene rings is 3. The second kappa shape index (κ2) is 10.6. The van der Waals surface area contributed by atoms with Crippen LogP contribution < -0.4 is 0 Å². The van der Waals surface area contributed by atoms with Crippen LogP contribution in [0.15, 0.2) is 66.7 Å². The van der Waals surface area contributed by atoms with Gasteiger partial charge < -0.3 is 20.3 Å². The van der Waals surface area contributed by atoms with E-state index < -0.39 is 30.1 Å². The number of allylic oxidation sites excluding steroid dienone is 1. The average Bonchev–Trinajstić information content (AvgIpc) is 3.30. The van der Waals surface area contributed by atoms with Crippen molar-refractivity contribution in [1.29, 1.82) is 0 Å². The van der Waals surface area contributed by atoms with Crippen LogP contribution in [0.4, 0.5) is 4.39 Å². The van der Waals surface area contributed by atoms with Gasteiger partial charge in [0.25, 0.3) is 0 Å². The largest absolute Gasteiger partial charge is 0.506 e. The fourth-order valence-electron chi connectivity index (χ4n) is 4.17. The zero-order chi connectivity index (χ0) is 24.9. The van der Waals surface area contributed by atoms with Crippen LogP contribution >= 0.6 is 0 Å². The standard InChI is InChI=1S/C28H27FN2O4/c1-2-3-10-19-20(24(33)16-32)11-7-12-21(19)27(35)25(26(34)17-8-6-9-18(29)15-17)28-30-22-13-4-5-14-23(22)31-28/h4-9,11-15,24,32-34H,2-3,10,16H2,1H3,(H,30,31)/t24-/m0/s1. The van der Waals surface area contributed by atoms with Crippen LogP contribution in [0.25, 0.3) is 22.4 Å². The Morgan fingerprint density at radius 1 is 1.09 bits per heavy atom. The number of carbonyl (C=O) groups excluding carboxylic acids is 1. The number of carbonyl (C=O) groups is 1. The topological polar surface area (TPSA) is 106 Å². The molecule has 4 N–H and O–H groups in total. The molecular formula is C28H27FN2O4. The van der Waals surface area contributed by atoms with Crippen molar-refractivity contribution in [3.63, 3.8) is 0 Å². The van der Waals surface area contributed by atoms with Crippen LogP contribution in [0.3, 0.4) is 0 Å². The maximum Gasteiger partial charge on any atom is 0.200 e. The summed E-state index contributed by atoms with van der Waals surface area (Å²) in [7, 11) is 0. The van der Waals surface area contributed by atoms with Gasteiger partial charge in [0.05, 0.1) is 17.6 Å². The molecule has 0 aliphatic heterocycles. The number of Topliss-reactive ketones (excluding diaryl/α,β-unsaturated/α-hetero) is 1. The minimum absolute atomic E-state index is 0.111. The van der Waals surface area contributed by atoms with Gasteiger partial charge in [-0.3, -0.25) is 4.79 Å². The van der Waals surface area contributed by atoms with Gasteiger partial charge in [0, 0.05) is 11.1 Å². The molecule has 1 heterocycles. The third kappa shape index (κ3) is 5.01. The Bertz CT molecular complexity index is 1360. The summed E-state index contributed by atoms with van der Waals surface area (Å²) < 4.78 is 14.0. The molecule has 1 aromatic heterocycles. The number of fused-ring (bicyclic) bond motifs is 1. The molecule has 0 bridgehead atoms. The molecule has 3 aromatic carbocycles. The molecule has 0 radical (unpaired) electrons. The highest BCUT2D eigenvalue weighted by atomic mass is 19.1. The summed E-state index contributed by atoms with van der Waals surface area (Å²) in [5.41, 5.74) is 2.64. The fraction of sp³-hybridized carbons (Fsp3) is 0.214. The van der Waals surface area contributed by atoms with Crippen LogP contribution in [-0.2, 0) is 6.42 Å². The highest BCUT2D eigenvalue weighted by Gasteiger charge is 2.27. The number of aromatic nitrogens is 2. The lowest BCUT2D eigenvalue weighted by atomic mass is 9.88. The number of aliphatic hydroxyl groups is 3. The van der Waals surface area contributed by atoms with Crippen molar-refractivity contribution in [2.24, 2.45) is 0 Å². The molecule has 1 atom stereocenters. The number of rotatable bonds is 9. The first-order valence-corrected chi connectivity index (χ1v) is 11.5. The molecule has 0 saturated carbocycles. The Labute approximate surface area is 202 Å². The zero-order valence-electron chi connectivity index (χ0n) is 19.3. The van der Waals surface area contributed by atoms with Crippen LogP contribution in [0.5, 0.6) is 0 Å². The minimum atomic E-state index is -1.15. The summed E-state index contributed by atoms with van der Waals surface area (Å²) in [5.74, 6) is -1.35. The molecule has 35 heavy (non-hydrogen) atoms. The Morgan fingerprint density at radius 2 is 1.86 bits per heavy atom. The van der Waals surface area contributed by atoms with E-state index >= 15 is 0 Å². The van der Waals surface area contributed by atoms with Gasteiger partial charge in [0.15, 0.2) is 0 Å². The van der Waals surface area contributed by atoms with Crippen molar-refractivity contribution >= 4 is 28.1 Å². The van der Waals surface area contributed by atoms with E-state index in [9.17, 15) is 24.5 Å². The molecular weight excluding hydrogens is 447 g/mol. The summed E-state index contributed by atoms with van der Waals surface area (Å²) in [6.07, 6.45) is 0.969. The Kier molecular flexibility index (Phi) is 7.39. The number of H-pyrrole nitrogens is 1. The number of unbranched alkanes of at least 4 members (excludes halogenated alkanes) is 1. The van der Waals surface area contributed by atoms with Crippen molar-refractivity contribution in [2.75, 3.05) is 6.61 Å². The first kappa shape index (κ1) is 24.3. The molecule has 0 fully saturated rings. The van der Waals surface area contributed by atoms with Crippen LogP contribution in [0, 0.1) is 5.82 Å². The number of hydrogen-bond acceptors (Lipinski definition) is 5. The number of nitrogens with one attached hydrogen (secondary N) is 1. The summed E-state index contributed by atoms with van der Waals surface area (Å²) in [6, 6.07) is 17.5. The quantitative estimate of drug-likeness (QED) is 0.148. The first-order valence-electron chi connectivity index (χ1n) is 11.5. The zero-order valence-corrected chi connectivity index (χ0v) is 19.3. The molecule has 0 unspecified atom stereocenters. The molecule has 4 rings (SSSR count). The molecule has 0 spiro atoms. The summed E-state index contributed by atoms with van der Waals surface area (Å²) in [5, 5.41) is 31.2. The van der Waals surface area contributed by atoms with Gasteiger partial charge in [-0.2, -0.15) is 0 Å². The van der Waals surface area contributed by atoms with Gasteiger partial charge >= 0.3 is 0 Å². The number of para-hydroxylation sites is 2. The van der Waals surface area contributed by atoms with Crippen molar-refractivity contribution in [3.8, 4) is 0 Å². The predicted octanol–water partition coefficient (Wildman–Crippen LogP) is 5.38. The van der Waals surface area contributed by atoms with Gasteiger partial charge in [-0.15, -0.1) is 0 Å². The lowest BCUT2D eigenvalue weighted by molar-refractivity contribution is 0.0945. The van der Waals surface area contributed by atoms with E-state index in [4.69, 9.17) is 0 Å². The third-order valence-corrected chi connectivity index (χ3v) is 5.96. The summed E-state index contributed by atoms with van der Waals surface area (Å²) in [4.78, 5) is 21.7. The number of aliphatic hydroxyl groups excluding tert-OH is 3. The van der Waals surface area contributed by atoms with Crippen LogP contribution in [0.2, 0.25) is 0 Å². The molecule has 4 aromatic rings. The molecule has 6 nitrogen and oxygen atoms in total. The van der Waals surface area contributed by atoms with E-state index in [0.29, 0.717) is 28.6 Å². The average molecular weight is 475 g/mol. The van der Waals surface area contributed by atoms with Crippen molar-refractivity contribution < 1.29 is 24.5 Å². The lowest BCUT2D eigenvalue weighted by Gasteiger charge is -2.18. The third-order valence-electron chi connectivity index (χ3n) is 5.96. The maximum absolute atomic E-state index is 14.1. The molecule has 7 heteroatoms. The SMILES string of the molecule is CCCCc1c(C(=O)C(=C(O)c2cccc(F)c2)c2nc3ccccc3[nH]2)cccc1[C@@H](O)CO. The smallest absolute Gasteiger partial charge is 0.200 e. The Balaban J connectivity index is 1.95. The van der Waals surface area contributed by atoms with Gasteiger partial charge in [-0.25, -0.2) is 9.37 Å². The van der Waals surface area contributed by atoms with Crippen molar-refractivity contribution in [3.05, 3.63) is 101 Å². The van der Waals surface area contributed by atoms with Crippen LogP contribution in [0.1, 0.15) is 58.7 Å². The molecule has 0 amide bonds. The van der Waals surface area contributed by atoms with E-state index in [0.717, 1.165) is 18.9 Å². The fourth-order valence-corrected chi connectivity index (χ4v) is 4.17. The first-order chi connectivity index (χ1) is 16.9. The molecule has 0 aliphatic carbocycles. The van der Waals surface area contributed by atoms with E-state index in [2.05, 4.69) is 9.97 Å². The number of hydrogen-bond donors (Lipinski definition) is 4. The van der Waals surface area contributed by atoms with E-state index in [1.165, 1.54) is 18.2 Å². The number of nitrogens with zero attached hydrogens (tertiary/aromatic N) is 1. The summed E-state index contributed by atoms with van der Waals surface area (Å²) >= 11 is 0. The highest BCUT2D eigenvalue weighted by molar-refractivity contribution is 6.33. The monoisotopic (exact) mass is 474 g/mol. The lowest BCUT2D eigenvalue weighted by Crippen LogP contribution is -2.14. The normalized spacial score (nSPS) is 13.0. The van der Waals surface area contributed by atoms with E-state index in [-0.39, 0.29) is 22.5 Å². The second-order valence-electron chi connectivity index (χ2n) is 8.34. The molecule has 0 aliphatic rings. The number of halogens is 1. The number of ketones is 1. The Morgan fingerprint density at radius 3 is 2.57 bits per heavy atom. The van der Waals surface area contributed by atoms with Gasteiger partial charge in [-0.1, -0.05) is 55.8 Å². The van der Waals surface area contributed by atoms with E-state index in [1.807, 2.05) is 19.1 Å². The predicted molar refractivity (Wildman–Crippen MR) is 133 cm³/mol. The van der Waals surface area contributed by atoms with Gasteiger partial charge in [-0.05, 0) is 48.2 Å². The second-order valence-corrected chi connectivity index (χ2v) is 8.34. The number of imidazole rings is 1. The Hall–Kier alpha value is -3.81. The minimum Gasteiger partial charge on any atom is -0.506 e. The van der Waals surface area contributed by atoms with Crippen molar-refractivity contribution in [1.82, 2.24) is 9.97 Å². The molecule has 180 valence electrons. The maximum atomic E-state index is 14.1. The highest BCUT2D eigenvalue weighted by Crippen LogP contribution is 2.32. The number of aromatic amines is 1. The van der Waals surface area contributed by atoms with E-state index in [1.54, 1.807) is 30.3 Å². The summed E-state index contributed by atoms with van der Waals surface area (Å²) in [6.45, 7) is 1.53. The van der Waals surface area contributed by atoms with Gasteiger partial charge in [0.2, 0.25) is 5.78 Å². The van der Waals surface area contributed by atoms with Crippen molar-refractivity contribution in [2.45, 2.75) is 32.3 Å².